The van der Waals surface area contributed by atoms with Gasteiger partial charge in [0.1, 0.15) is 0 Å². The SMILES string of the molecule is COC(=O)C1(C#N)CCN(C(=O)Nc2cn(C)nc2C(F)F)CC1. The van der Waals surface area contributed by atoms with Crippen LogP contribution in [-0.2, 0) is 16.6 Å². The monoisotopic (exact) mass is 341 g/mol. The van der Waals surface area contributed by atoms with E-state index < -0.39 is 29.5 Å². The highest BCUT2D eigenvalue weighted by Gasteiger charge is 2.44. The third kappa shape index (κ3) is 3.29. The first-order chi connectivity index (χ1) is 11.3. The van der Waals surface area contributed by atoms with Gasteiger partial charge in [-0.05, 0) is 12.8 Å². The average Bonchev–Trinajstić information content (AvgIpc) is 2.94. The summed E-state index contributed by atoms with van der Waals surface area (Å²) >= 11 is 0. The molecule has 0 unspecified atom stereocenters. The van der Waals surface area contributed by atoms with Crippen molar-refractivity contribution in [1.82, 2.24) is 14.7 Å². The summed E-state index contributed by atoms with van der Waals surface area (Å²) in [6, 6.07) is 1.38. The van der Waals surface area contributed by atoms with E-state index in [-0.39, 0.29) is 31.6 Å². The van der Waals surface area contributed by atoms with Gasteiger partial charge in [0.05, 0.1) is 18.9 Å². The minimum Gasteiger partial charge on any atom is -0.468 e. The van der Waals surface area contributed by atoms with Gasteiger partial charge in [-0.25, -0.2) is 13.6 Å². The van der Waals surface area contributed by atoms with Crippen LogP contribution in [0.3, 0.4) is 0 Å². The lowest BCUT2D eigenvalue weighted by atomic mass is 9.80. The third-order valence-corrected chi connectivity index (χ3v) is 4.00. The molecule has 0 bridgehead atoms. The summed E-state index contributed by atoms with van der Waals surface area (Å²) in [6.45, 7) is 0.275. The second-order valence-corrected chi connectivity index (χ2v) is 5.51. The average molecular weight is 341 g/mol. The summed E-state index contributed by atoms with van der Waals surface area (Å²) in [5.41, 5.74) is -1.85. The van der Waals surface area contributed by atoms with Gasteiger partial charge in [0.25, 0.3) is 6.43 Å². The normalized spacial score (nSPS) is 16.6. The molecule has 0 saturated carbocycles. The molecule has 0 aromatic carbocycles. The second kappa shape index (κ2) is 6.82. The first-order valence-electron chi connectivity index (χ1n) is 7.20. The number of halogens is 2. The Kier molecular flexibility index (Phi) is 5.02. The van der Waals surface area contributed by atoms with Gasteiger partial charge in [-0.3, -0.25) is 9.48 Å². The Morgan fingerprint density at radius 2 is 2.08 bits per heavy atom. The van der Waals surface area contributed by atoms with E-state index in [0.29, 0.717) is 0 Å². The number of ether oxygens (including phenoxy) is 1. The van der Waals surface area contributed by atoms with Crippen molar-refractivity contribution >= 4 is 17.7 Å². The molecule has 8 nitrogen and oxygen atoms in total. The van der Waals surface area contributed by atoms with Gasteiger partial charge in [-0.2, -0.15) is 10.4 Å². The van der Waals surface area contributed by atoms with Crippen molar-refractivity contribution in [3.63, 3.8) is 0 Å². The predicted octanol–water partition coefficient (Wildman–Crippen LogP) is 1.67. The van der Waals surface area contributed by atoms with Gasteiger partial charge in [0.15, 0.2) is 11.1 Å². The number of carbonyl (C=O) groups is 2. The number of aromatic nitrogens is 2. The van der Waals surface area contributed by atoms with Gasteiger partial charge < -0.3 is 15.0 Å². The maximum atomic E-state index is 12.9. The summed E-state index contributed by atoms with van der Waals surface area (Å²) in [5.74, 6) is -0.627. The summed E-state index contributed by atoms with van der Waals surface area (Å²) in [5, 5.41) is 15.2. The molecule has 0 atom stereocenters. The molecule has 24 heavy (non-hydrogen) atoms. The fourth-order valence-corrected chi connectivity index (χ4v) is 2.61. The Labute approximate surface area is 137 Å². The molecule has 2 rings (SSSR count). The Bertz CT molecular complexity index is 674. The van der Waals surface area contributed by atoms with Crippen LogP contribution in [-0.4, -0.2) is 46.9 Å². The smallest absolute Gasteiger partial charge is 0.326 e. The number of hydrogen-bond donors (Lipinski definition) is 1. The van der Waals surface area contributed by atoms with Gasteiger partial charge in [0, 0.05) is 26.3 Å². The van der Waals surface area contributed by atoms with Gasteiger partial charge in [-0.1, -0.05) is 0 Å². The van der Waals surface area contributed by atoms with Gasteiger partial charge >= 0.3 is 12.0 Å². The van der Waals surface area contributed by atoms with Crippen LogP contribution in [0, 0.1) is 16.7 Å². The Morgan fingerprint density at radius 1 is 1.46 bits per heavy atom. The number of alkyl halides is 2. The van der Waals surface area contributed by atoms with Crippen LogP contribution in [0.25, 0.3) is 0 Å². The highest BCUT2D eigenvalue weighted by Crippen LogP contribution is 2.32. The summed E-state index contributed by atoms with van der Waals surface area (Å²) in [6.07, 6.45) is -1.28. The minimum absolute atomic E-state index is 0.0670. The molecule has 1 aromatic rings. The maximum absolute atomic E-state index is 12.9. The van der Waals surface area contributed by atoms with Crippen LogP contribution in [0.15, 0.2) is 6.20 Å². The molecule has 0 aliphatic carbocycles. The number of anilines is 1. The van der Waals surface area contributed by atoms with Crippen LogP contribution in [0.5, 0.6) is 0 Å². The van der Waals surface area contributed by atoms with E-state index in [1.54, 1.807) is 0 Å². The van der Waals surface area contributed by atoms with Crippen LogP contribution in [0.2, 0.25) is 0 Å². The van der Waals surface area contributed by atoms with Crippen molar-refractivity contribution in [2.24, 2.45) is 12.5 Å². The molecular formula is C14H17F2N5O3. The molecule has 10 heteroatoms. The molecule has 2 heterocycles. The van der Waals surface area contributed by atoms with E-state index in [4.69, 9.17) is 0 Å². The quantitative estimate of drug-likeness (QED) is 0.843. The van der Waals surface area contributed by atoms with Crippen LogP contribution in [0.1, 0.15) is 25.0 Å². The number of likely N-dealkylation sites (tertiary alicyclic amines) is 1. The molecule has 130 valence electrons. The number of nitrogens with one attached hydrogen (secondary N) is 1. The number of carbonyl (C=O) groups excluding carboxylic acids is 2. The molecule has 1 aliphatic heterocycles. The van der Waals surface area contributed by atoms with E-state index in [1.165, 1.54) is 29.9 Å². The first kappa shape index (κ1) is 17.7. The number of hydrogen-bond acceptors (Lipinski definition) is 5. The van der Waals surface area contributed by atoms with Crippen molar-refractivity contribution in [3.8, 4) is 6.07 Å². The second-order valence-electron chi connectivity index (χ2n) is 5.51. The Hall–Kier alpha value is -2.70. The molecule has 1 aromatic heterocycles. The van der Waals surface area contributed by atoms with E-state index in [0.717, 1.165) is 0 Å². The van der Waals surface area contributed by atoms with E-state index >= 15 is 0 Å². The molecular weight excluding hydrogens is 324 g/mol. The molecule has 1 N–H and O–H groups in total. The predicted molar refractivity (Wildman–Crippen MR) is 78.1 cm³/mol. The summed E-state index contributed by atoms with van der Waals surface area (Å²) < 4.78 is 31.6. The number of urea groups is 1. The number of piperidine rings is 1. The molecule has 2 amide bonds. The van der Waals surface area contributed by atoms with Crippen LogP contribution in [0.4, 0.5) is 19.3 Å². The largest absolute Gasteiger partial charge is 0.468 e. The van der Waals surface area contributed by atoms with Gasteiger partial charge in [-0.15, -0.1) is 0 Å². The lowest BCUT2D eigenvalue weighted by molar-refractivity contribution is -0.151. The highest BCUT2D eigenvalue weighted by atomic mass is 19.3. The number of aryl methyl sites for hydroxylation is 1. The van der Waals surface area contributed by atoms with Crippen LogP contribution < -0.4 is 5.32 Å². The van der Waals surface area contributed by atoms with E-state index in [9.17, 15) is 23.6 Å². The number of esters is 1. The minimum atomic E-state index is -2.81. The van der Waals surface area contributed by atoms with Crippen molar-refractivity contribution in [1.29, 1.82) is 5.26 Å². The lowest BCUT2D eigenvalue weighted by Crippen LogP contribution is -2.47. The Balaban J connectivity index is 2.04. The molecule has 1 fully saturated rings. The van der Waals surface area contributed by atoms with Crippen molar-refractivity contribution in [2.45, 2.75) is 19.3 Å². The van der Waals surface area contributed by atoms with E-state index in [1.807, 2.05) is 6.07 Å². The third-order valence-electron chi connectivity index (χ3n) is 4.00. The summed E-state index contributed by atoms with van der Waals surface area (Å²) in [4.78, 5) is 25.3. The van der Waals surface area contributed by atoms with Crippen molar-refractivity contribution in [3.05, 3.63) is 11.9 Å². The molecule has 0 spiro atoms. The van der Waals surface area contributed by atoms with E-state index in [2.05, 4.69) is 15.2 Å². The molecule has 0 radical (unpaired) electrons. The summed E-state index contributed by atoms with van der Waals surface area (Å²) in [7, 11) is 2.68. The number of amides is 2. The van der Waals surface area contributed by atoms with Crippen molar-refractivity contribution in [2.75, 3.05) is 25.5 Å². The number of nitriles is 1. The fraction of sp³-hybridized carbons (Fsp3) is 0.571. The van der Waals surface area contributed by atoms with Crippen molar-refractivity contribution < 1.29 is 23.1 Å². The fourth-order valence-electron chi connectivity index (χ4n) is 2.61. The molecule has 1 saturated heterocycles. The highest BCUT2D eigenvalue weighted by molar-refractivity contribution is 5.90. The zero-order valence-corrected chi connectivity index (χ0v) is 13.3. The van der Waals surface area contributed by atoms with Gasteiger partial charge in [0.2, 0.25) is 0 Å². The van der Waals surface area contributed by atoms with Crippen LogP contribution >= 0.6 is 0 Å². The Morgan fingerprint density at radius 3 is 2.58 bits per heavy atom. The first-order valence-corrected chi connectivity index (χ1v) is 7.20. The molecule has 1 aliphatic rings. The lowest BCUT2D eigenvalue weighted by Gasteiger charge is -2.35. The maximum Gasteiger partial charge on any atom is 0.326 e. The topological polar surface area (TPSA) is 100 Å². The zero-order chi connectivity index (χ0) is 17.9. The standard InChI is InChI=1S/C14H17F2N5O3/c1-20-7-9(10(19-20)11(15)16)18-13(23)21-5-3-14(8-17,4-6-21)12(22)24-2/h7,11H,3-6H2,1-2H3,(H,18,23). The number of rotatable bonds is 3. The zero-order valence-electron chi connectivity index (χ0n) is 13.3. The number of nitrogens with zero attached hydrogens (tertiary/aromatic N) is 4. The number of methoxy groups -OCH3 is 1.